The van der Waals surface area contributed by atoms with E-state index in [4.69, 9.17) is 0 Å². The van der Waals surface area contributed by atoms with Crippen LogP contribution >= 0.6 is 0 Å². The lowest BCUT2D eigenvalue weighted by atomic mass is 10.4. The van der Waals surface area contributed by atoms with Gasteiger partial charge in [-0.25, -0.2) is 18.1 Å². The molecule has 15 heavy (non-hydrogen) atoms. The van der Waals surface area contributed by atoms with Crippen LogP contribution in [0.4, 0.5) is 0 Å². The topological polar surface area (TPSA) is 76.9 Å². The van der Waals surface area contributed by atoms with Gasteiger partial charge in [-0.15, -0.1) is 0 Å². The maximum absolute atomic E-state index is 11.4. The number of hydrogen-bond acceptors (Lipinski definition) is 4. The van der Waals surface area contributed by atoms with E-state index in [1.54, 1.807) is 31.9 Å². The molecule has 6 nitrogen and oxygen atoms in total. The van der Waals surface area contributed by atoms with E-state index in [0.29, 0.717) is 18.8 Å². The zero-order chi connectivity index (χ0) is 11.5. The summed E-state index contributed by atoms with van der Waals surface area (Å²) in [5, 5.41) is 3.64. The van der Waals surface area contributed by atoms with Crippen LogP contribution in [-0.2, 0) is 23.5 Å². The molecule has 0 aliphatic heterocycles. The molecule has 1 rings (SSSR count). The van der Waals surface area contributed by atoms with Gasteiger partial charge in [0.05, 0.1) is 5.25 Å². The summed E-state index contributed by atoms with van der Waals surface area (Å²) in [4.78, 5) is 4.00. The summed E-state index contributed by atoms with van der Waals surface area (Å²) in [7, 11) is -1.40. The Morgan fingerprint density at radius 1 is 1.53 bits per heavy atom. The van der Waals surface area contributed by atoms with Gasteiger partial charge in [-0.3, -0.25) is 4.68 Å². The van der Waals surface area contributed by atoms with Crippen molar-refractivity contribution in [1.29, 1.82) is 0 Å². The van der Waals surface area contributed by atoms with Crippen LogP contribution in [0.25, 0.3) is 0 Å². The molecule has 1 N–H and O–H groups in total. The molecule has 0 atom stereocenters. The highest BCUT2D eigenvalue weighted by atomic mass is 32.2. The molecule has 1 aromatic rings. The Hall–Kier alpha value is -0.950. The van der Waals surface area contributed by atoms with Crippen molar-refractivity contribution in [2.45, 2.75) is 25.5 Å². The highest BCUT2D eigenvalue weighted by molar-refractivity contribution is 7.90. The van der Waals surface area contributed by atoms with Crippen LogP contribution in [0.2, 0.25) is 0 Å². The second-order valence-electron chi connectivity index (χ2n) is 3.57. The van der Waals surface area contributed by atoms with Gasteiger partial charge >= 0.3 is 0 Å². The Balaban J connectivity index is 2.40. The standard InChI is InChI=1S/C8H16N4O2S/c1-7(2)15(13,14)10-5-4-8-9-6-12(3)11-8/h6-7,10H,4-5H2,1-3H3. The van der Waals surface area contributed by atoms with E-state index in [0.717, 1.165) is 0 Å². The number of nitrogens with zero attached hydrogens (tertiary/aromatic N) is 3. The van der Waals surface area contributed by atoms with Gasteiger partial charge in [0.15, 0.2) is 5.82 Å². The van der Waals surface area contributed by atoms with Gasteiger partial charge in [0.2, 0.25) is 10.0 Å². The van der Waals surface area contributed by atoms with E-state index in [9.17, 15) is 8.42 Å². The monoisotopic (exact) mass is 232 g/mol. The van der Waals surface area contributed by atoms with Crippen molar-refractivity contribution < 1.29 is 8.42 Å². The fourth-order valence-electron chi connectivity index (χ4n) is 0.970. The van der Waals surface area contributed by atoms with Crippen LogP contribution in [0.1, 0.15) is 19.7 Å². The van der Waals surface area contributed by atoms with Crippen LogP contribution in [-0.4, -0.2) is 35.0 Å². The third kappa shape index (κ3) is 3.60. The van der Waals surface area contributed by atoms with Crippen molar-refractivity contribution in [1.82, 2.24) is 19.5 Å². The SMILES string of the molecule is CC(C)S(=O)(=O)NCCc1ncn(C)n1. The fraction of sp³-hybridized carbons (Fsp3) is 0.750. The van der Waals surface area contributed by atoms with Gasteiger partial charge in [0.1, 0.15) is 6.33 Å². The van der Waals surface area contributed by atoms with Crippen molar-refractivity contribution in [3.8, 4) is 0 Å². The summed E-state index contributed by atoms with van der Waals surface area (Å²) in [5.74, 6) is 0.643. The average Bonchev–Trinajstić information content (AvgIpc) is 2.51. The van der Waals surface area contributed by atoms with Gasteiger partial charge in [0.25, 0.3) is 0 Å². The Morgan fingerprint density at radius 2 is 2.20 bits per heavy atom. The minimum absolute atomic E-state index is 0.338. The van der Waals surface area contributed by atoms with Crippen LogP contribution in [0, 0.1) is 0 Å². The number of sulfonamides is 1. The first-order valence-electron chi connectivity index (χ1n) is 4.75. The third-order valence-electron chi connectivity index (χ3n) is 1.92. The van der Waals surface area contributed by atoms with Gasteiger partial charge in [0, 0.05) is 20.0 Å². The zero-order valence-corrected chi connectivity index (χ0v) is 9.95. The molecule has 0 radical (unpaired) electrons. The number of rotatable bonds is 5. The second-order valence-corrected chi connectivity index (χ2v) is 5.89. The summed E-state index contributed by atoms with van der Waals surface area (Å²) in [6.07, 6.45) is 2.10. The first-order chi connectivity index (χ1) is 6.92. The van der Waals surface area contributed by atoms with Crippen molar-refractivity contribution in [2.24, 2.45) is 7.05 Å². The molecular formula is C8H16N4O2S. The highest BCUT2D eigenvalue weighted by Gasteiger charge is 2.14. The lowest BCUT2D eigenvalue weighted by molar-refractivity contribution is 0.571. The summed E-state index contributed by atoms with van der Waals surface area (Å²) >= 11 is 0. The Labute approximate surface area is 89.8 Å². The predicted molar refractivity (Wildman–Crippen MR) is 56.8 cm³/mol. The molecule has 0 spiro atoms. The van der Waals surface area contributed by atoms with E-state index in [-0.39, 0.29) is 0 Å². The second kappa shape index (κ2) is 4.71. The fourth-order valence-corrected chi connectivity index (χ4v) is 1.69. The first-order valence-corrected chi connectivity index (χ1v) is 6.29. The van der Waals surface area contributed by atoms with Crippen molar-refractivity contribution in [3.63, 3.8) is 0 Å². The van der Waals surface area contributed by atoms with Crippen molar-refractivity contribution in [2.75, 3.05) is 6.54 Å². The van der Waals surface area contributed by atoms with Crippen LogP contribution in [0.3, 0.4) is 0 Å². The van der Waals surface area contributed by atoms with Crippen LogP contribution in [0.15, 0.2) is 6.33 Å². The molecule has 7 heteroatoms. The summed E-state index contributed by atoms with van der Waals surface area (Å²) in [6.45, 7) is 3.62. The molecule has 1 heterocycles. The lowest BCUT2D eigenvalue weighted by Crippen LogP contribution is -2.32. The van der Waals surface area contributed by atoms with Crippen molar-refractivity contribution in [3.05, 3.63) is 12.2 Å². The van der Waals surface area contributed by atoms with Crippen molar-refractivity contribution >= 4 is 10.0 Å². The third-order valence-corrected chi connectivity index (χ3v) is 3.77. The highest BCUT2D eigenvalue weighted by Crippen LogP contribution is 1.96. The molecular weight excluding hydrogens is 216 g/mol. The quantitative estimate of drug-likeness (QED) is 0.755. The smallest absolute Gasteiger partial charge is 0.213 e. The Morgan fingerprint density at radius 3 is 2.67 bits per heavy atom. The van der Waals surface area contributed by atoms with E-state index in [1.807, 2.05) is 0 Å². The number of aryl methyl sites for hydroxylation is 1. The number of aromatic nitrogens is 3. The number of hydrogen-bond donors (Lipinski definition) is 1. The summed E-state index contributed by atoms with van der Waals surface area (Å²) < 4.78 is 26.8. The molecule has 0 unspecified atom stereocenters. The molecule has 0 aliphatic rings. The minimum Gasteiger partial charge on any atom is -0.256 e. The molecule has 0 fully saturated rings. The first kappa shape index (κ1) is 12.1. The molecule has 0 saturated carbocycles. The Bertz CT molecular complexity index is 410. The van der Waals surface area contributed by atoms with E-state index >= 15 is 0 Å². The normalized spacial score (nSPS) is 12.3. The summed E-state index contributed by atoms with van der Waals surface area (Å²) in [5.41, 5.74) is 0. The molecule has 0 saturated heterocycles. The van der Waals surface area contributed by atoms with Crippen LogP contribution < -0.4 is 4.72 Å². The van der Waals surface area contributed by atoms with E-state index < -0.39 is 15.3 Å². The van der Waals surface area contributed by atoms with E-state index in [1.165, 1.54) is 0 Å². The Kier molecular flexibility index (Phi) is 3.81. The average molecular weight is 232 g/mol. The summed E-state index contributed by atoms with van der Waals surface area (Å²) in [6, 6.07) is 0. The molecule has 0 amide bonds. The lowest BCUT2D eigenvalue weighted by Gasteiger charge is -2.07. The molecule has 0 bridgehead atoms. The predicted octanol–water partition coefficient (Wildman–Crippen LogP) is -0.315. The van der Waals surface area contributed by atoms with Gasteiger partial charge in [-0.05, 0) is 13.8 Å². The maximum atomic E-state index is 11.4. The maximum Gasteiger partial charge on any atom is 0.213 e. The van der Waals surface area contributed by atoms with Gasteiger partial charge < -0.3 is 0 Å². The zero-order valence-electron chi connectivity index (χ0n) is 9.14. The van der Waals surface area contributed by atoms with Gasteiger partial charge in [-0.1, -0.05) is 0 Å². The van der Waals surface area contributed by atoms with E-state index in [2.05, 4.69) is 14.8 Å². The largest absolute Gasteiger partial charge is 0.256 e. The minimum atomic E-state index is -3.17. The number of nitrogens with one attached hydrogen (secondary N) is 1. The molecule has 0 aliphatic carbocycles. The van der Waals surface area contributed by atoms with Crippen LogP contribution in [0.5, 0.6) is 0 Å². The molecule has 1 aromatic heterocycles. The molecule has 0 aromatic carbocycles. The molecule has 86 valence electrons. The van der Waals surface area contributed by atoms with Gasteiger partial charge in [-0.2, -0.15) is 5.10 Å².